The maximum absolute atomic E-state index is 11.4. The number of nitrogens with two attached hydrogens (primary N) is 1. The Morgan fingerprint density at radius 3 is 2.89 bits per heavy atom. The molecular weight excluding hydrogens is 252 g/mol. The second-order valence-electron chi connectivity index (χ2n) is 3.84. The average molecular weight is 271 g/mol. The monoisotopic (exact) mass is 270 g/mol. The second-order valence-corrected chi connectivity index (χ2v) is 4.24. The Kier molecular flexibility index (Phi) is 6.54. The van der Waals surface area contributed by atoms with E-state index in [-0.39, 0.29) is 5.91 Å². The summed E-state index contributed by atoms with van der Waals surface area (Å²) in [7, 11) is 0. The van der Waals surface area contributed by atoms with Gasteiger partial charge in [0.15, 0.2) is 0 Å². The lowest BCUT2D eigenvalue weighted by atomic mass is 10.1. The van der Waals surface area contributed by atoms with Crippen LogP contribution < -0.4 is 15.8 Å². The van der Waals surface area contributed by atoms with Gasteiger partial charge < -0.3 is 15.8 Å². The zero-order chi connectivity index (χ0) is 13.4. The number of hydrogen-bond acceptors (Lipinski definition) is 3. The number of halogens is 1. The molecule has 18 heavy (non-hydrogen) atoms. The molecule has 1 amide bonds. The van der Waals surface area contributed by atoms with Gasteiger partial charge in [-0.2, -0.15) is 0 Å². The predicted octanol–water partition coefficient (Wildman–Crippen LogP) is 1.75. The largest absolute Gasteiger partial charge is 0.492 e. The summed E-state index contributed by atoms with van der Waals surface area (Å²) in [5, 5.41) is 3.31. The minimum absolute atomic E-state index is 0.00505. The summed E-state index contributed by atoms with van der Waals surface area (Å²) in [5.74, 6) is 0.681. The van der Waals surface area contributed by atoms with Crippen LogP contribution in [0.2, 0.25) is 5.02 Å². The summed E-state index contributed by atoms with van der Waals surface area (Å²) in [6, 6.07) is 5.59. The first-order valence-electron chi connectivity index (χ1n) is 6.05. The minimum Gasteiger partial charge on any atom is -0.492 e. The van der Waals surface area contributed by atoms with Crippen LogP contribution in [0.25, 0.3) is 0 Å². The number of benzene rings is 1. The fraction of sp³-hybridized carbons (Fsp3) is 0.462. The molecule has 0 heterocycles. The van der Waals surface area contributed by atoms with Gasteiger partial charge in [-0.3, -0.25) is 4.79 Å². The summed E-state index contributed by atoms with van der Waals surface area (Å²) in [6.45, 7) is 3.47. The van der Waals surface area contributed by atoms with Crippen LogP contribution in [0.15, 0.2) is 18.2 Å². The Bertz CT molecular complexity index is 397. The maximum Gasteiger partial charge on any atom is 0.220 e. The molecule has 4 nitrogen and oxygen atoms in total. The molecule has 0 aliphatic rings. The van der Waals surface area contributed by atoms with Crippen molar-refractivity contribution in [1.29, 1.82) is 0 Å². The molecule has 1 rings (SSSR count). The van der Waals surface area contributed by atoms with Crippen molar-refractivity contribution in [1.82, 2.24) is 5.32 Å². The van der Waals surface area contributed by atoms with Crippen LogP contribution in [0.1, 0.15) is 18.9 Å². The van der Waals surface area contributed by atoms with Crippen molar-refractivity contribution in [2.45, 2.75) is 19.8 Å². The van der Waals surface area contributed by atoms with Crippen LogP contribution in [0.4, 0.5) is 0 Å². The van der Waals surface area contributed by atoms with Gasteiger partial charge in [0, 0.05) is 19.5 Å². The maximum atomic E-state index is 11.4. The van der Waals surface area contributed by atoms with E-state index in [0.717, 1.165) is 5.56 Å². The number of hydrogen-bond donors (Lipinski definition) is 2. The molecule has 3 N–H and O–H groups in total. The molecule has 100 valence electrons. The summed E-state index contributed by atoms with van der Waals surface area (Å²) >= 11 is 6.07. The highest BCUT2D eigenvalue weighted by atomic mass is 35.5. The first-order chi connectivity index (χ1) is 8.67. The smallest absolute Gasteiger partial charge is 0.220 e. The molecule has 0 saturated carbocycles. The van der Waals surface area contributed by atoms with Crippen LogP contribution in [-0.2, 0) is 11.2 Å². The van der Waals surface area contributed by atoms with Crippen LogP contribution in [-0.4, -0.2) is 25.6 Å². The molecule has 0 aromatic heterocycles. The molecule has 0 radical (unpaired) electrons. The van der Waals surface area contributed by atoms with Crippen molar-refractivity contribution in [2.24, 2.45) is 5.73 Å². The molecular formula is C13H19ClN2O2. The first-order valence-corrected chi connectivity index (χ1v) is 6.43. The van der Waals surface area contributed by atoms with Gasteiger partial charge in [0.05, 0.1) is 11.6 Å². The van der Waals surface area contributed by atoms with Crippen molar-refractivity contribution < 1.29 is 9.53 Å². The minimum atomic E-state index is 0.00505. The fourth-order valence-corrected chi connectivity index (χ4v) is 1.79. The van der Waals surface area contributed by atoms with E-state index in [4.69, 9.17) is 22.1 Å². The molecule has 0 saturated heterocycles. The van der Waals surface area contributed by atoms with E-state index in [9.17, 15) is 4.79 Å². The molecule has 0 unspecified atom stereocenters. The van der Waals surface area contributed by atoms with Gasteiger partial charge in [-0.05, 0) is 31.0 Å². The van der Waals surface area contributed by atoms with Gasteiger partial charge in [0.25, 0.3) is 0 Å². The fourth-order valence-electron chi connectivity index (χ4n) is 1.53. The standard InChI is InChI=1S/C13H19ClN2O2/c1-2-18-12-5-3-10(9-11(12)14)4-6-13(17)16-8-7-15/h3,5,9H,2,4,6-8,15H2,1H3,(H,16,17). The van der Waals surface area contributed by atoms with Crippen LogP contribution in [0.3, 0.4) is 0 Å². The van der Waals surface area contributed by atoms with Gasteiger partial charge in [0.2, 0.25) is 5.91 Å². The van der Waals surface area contributed by atoms with Gasteiger partial charge in [-0.15, -0.1) is 0 Å². The van der Waals surface area contributed by atoms with E-state index in [0.29, 0.717) is 43.3 Å². The number of carbonyl (C=O) groups is 1. The molecule has 5 heteroatoms. The Morgan fingerprint density at radius 2 is 2.28 bits per heavy atom. The first kappa shape index (κ1) is 14.8. The Labute approximate surface area is 112 Å². The summed E-state index contributed by atoms with van der Waals surface area (Å²) in [4.78, 5) is 11.4. The van der Waals surface area contributed by atoms with E-state index in [1.165, 1.54) is 0 Å². The highest BCUT2D eigenvalue weighted by Crippen LogP contribution is 2.25. The third kappa shape index (κ3) is 4.94. The topological polar surface area (TPSA) is 64.3 Å². The molecule has 1 aromatic rings. The molecule has 0 aliphatic heterocycles. The highest BCUT2D eigenvalue weighted by Gasteiger charge is 2.05. The molecule has 0 atom stereocenters. The quantitative estimate of drug-likeness (QED) is 0.793. The Morgan fingerprint density at radius 1 is 1.50 bits per heavy atom. The number of ether oxygens (including phenoxy) is 1. The van der Waals surface area contributed by atoms with Crippen molar-refractivity contribution >= 4 is 17.5 Å². The average Bonchev–Trinajstić information content (AvgIpc) is 2.37. The second kappa shape index (κ2) is 7.95. The van der Waals surface area contributed by atoms with Crippen molar-refractivity contribution in [3.63, 3.8) is 0 Å². The number of nitrogens with one attached hydrogen (secondary N) is 1. The van der Waals surface area contributed by atoms with Crippen molar-refractivity contribution in [2.75, 3.05) is 19.7 Å². The zero-order valence-corrected chi connectivity index (χ0v) is 11.3. The van der Waals surface area contributed by atoms with Gasteiger partial charge >= 0.3 is 0 Å². The number of rotatable bonds is 7. The zero-order valence-electron chi connectivity index (χ0n) is 10.5. The van der Waals surface area contributed by atoms with Gasteiger partial charge in [-0.1, -0.05) is 17.7 Å². The van der Waals surface area contributed by atoms with Crippen molar-refractivity contribution in [3.05, 3.63) is 28.8 Å². The van der Waals surface area contributed by atoms with E-state index >= 15 is 0 Å². The third-order valence-corrected chi connectivity index (χ3v) is 2.70. The summed E-state index contributed by atoms with van der Waals surface area (Å²) < 4.78 is 5.35. The van der Waals surface area contributed by atoms with E-state index in [1.807, 2.05) is 25.1 Å². The molecule has 0 spiro atoms. The van der Waals surface area contributed by atoms with Gasteiger partial charge in [-0.25, -0.2) is 0 Å². The van der Waals surface area contributed by atoms with Gasteiger partial charge in [0.1, 0.15) is 5.75 Å². The van der Waals surface area contributed by atoms with E-state index in [2.05, 4.69) is 5.32 Å². The molecule has 1 aromatic carbocycles. The van der Waals surface area contributed by atoms with Crippen LogP contribution in [0.5, 0.6) is 5.75 Å². The van der Waals surface area contributed by atoms with Crippen LogP contribution in [0, 0.1) is 0 Å². The lowest BCUT2D eigenvalue weighted by molar-refractivity contribution is -0.120. The number of carbonyl (C=O) groups excluding carboxylic acids is 1. The van der Waals surface area contributed by atoms with Crippen LogP contribution >= 0.6 is 11.6 Å². The normalized spacial score (nSPS) is 10.2. The number of aryl methyl sites for hydroxylation is 1. The molecule has 0 bridgehead atoms. The lowest BCUT2D eigenvalue weighted by Crippen LogP contribution is -2.29. The Hall–Kier alpha value is -1.26. The predicted molar refractivity (Wildman–Crippen MR) is 73.0 cm³/mol. The van der Waals surface area contributed by atoms with E-state index in [1.54, 1.807) is 0 Å². The Balaban J connectivity index is 2.48. The molecule has 0 aliphatic carbocycles. The van der Waals surface area contributed by atoms with E-state index < -0.39 is 0 Å². The summed E-state index contributed by atoms with van der Waals surface area (Å²) in [6.07, 6.45) is 1.09. The summed E-state index contributed by atoms with van der Waals surface area (Å²) in [5.41, 5.74) is 6.32. The SMILES string of the molecule is CCOc1ccc(CCC(=O)NCCN)cc1Cl. The lowest BCUT2D eigenvalue weighted by Gasteiger charge is -2.08. The van der Waals surface area contributed by atoms with Crippen molar-refractivity contribution in [3.8, 4) is 5.75 Å². The number of amides is 1. The molecule has 0 fully saturated rings. The third-order valence-electron chi connectivity index (χ3n) is 2.40. The highest BCUT2D eigenvalue weighted by molar-refractivity contribution is 6.32.